The van der Waals surface area contributed by atoms with Crippen molar-refractivity contribution in [2.24, 2.45) is 0 Å². The molecule has 7 heteroatoms. The minimum Gasteiger partial charge on any atom is -0.370 e. The Balaban J connectivity index is 1.62. The van der Waals surface area contributed by atoms with Crippen LogP contribution in [0.15, 0.2) is 54.6 Å². The highest BCUT2D eigenvalue weighted by molar-refractivity contribution is 6.31. The molecule has 0 spiro atoms. The molecule has 3 N–H and O–H groups in total. The molecule has 1 amide bonds. The quantitative estimate of drug-likeness (QED) is 0.535. The van der Waals surface area contributed by atoms with E-state index >= 15 is 0 Å². The molecule has 0 aliphatic carbocycles. The van der Waals surface area contributed by atoms with Crippen molar-refractivity contribution < 1.29 is 4.79 Å². The van der Waals surface area contributed by atoms with Gasteiger partial charge in [-0.15, -0.1) is 0 Å². The monoisotopic (exact) mass is 395 g/mol. The standard InChI is InChI=1S/C21H22ClN5O/c1-3-23-19-13-20(25-14(2)24-19)26-16-8-10-17(11-9-16)27-21(28)12-15-6-4-5-7-18(15)22/h4-11,13H,3,12H2,1-2H3,(H,27,28)(H2,23,24,25,26). The fourth-order valence-electron chi connectivity index (χ4n) is 2.71. The van der Waals surface area contributed by atoms with E-state index in [0.29, 0.717) is 16.7 Å². The van der Waals surface area contributed by atoms with E-state index < -0.39 is 0 Å². The van der Waals surface area contributed by atoms with Crippen molar-refractivity contribution in [3.05, 3.63) is 71.0 Å². The molecule has 0 atom stereocenters. The van der Waals surface area contributed by atoms with Gasteiger partial charge >= 0.3 is 0 Å². The van der Waals surface area contributed by atoms with Crippen LogP contribution < -0.4 is 16.0 Å². The second kappa shape index (κ2) is 9.19. The average Bonchev–Trinajstić information content (AvgIpc) is 2.65. The number of aromatic nitrogens is 2. The van der Waals surface area contributed by atoms with Crippen LogP contribution in [-0.2, 0) is 11.2 Å². The Kier molecular flexibility index (Phi) is 6.45. The van der Waals surface area contributed by atoms with E-state index in [4.69, 9.17) is 11.6 Å². The SMILES string of the molecule is CCNc1cc(Nc2ccc(NC(=O)Cc3ccccc3Cl)cc2)nc(C)n1. The lowest BCUT2D eigenvalue weighted by atomic mass is 10.1. The lowest BCUT2D eigenvalue weighted by Crippen LogP contribution is -2.14. The number of hydrogen-bond donors (Lipinski definition) is 3. The second-order valence-corrected chi connectivity index (χ2v) is 6.64. The van der Waals surface area contributed by atoms with E-state index in [-0.39, 0.29) is 12.3 Å². The minimum atomic E-state index is -0.115. The molecule has 0 bridgehead atoms. The summed E-state index contributed by atoms with van der Waals surface area (Å²) in [5.74, 6) is 2.06. The molecule has 3 aromatic rings. The second-order valence-electron chi connectivity index (χ2n) is 6.23. The van der Waals surface area contributed by atoms with Gasteiger partial charge < -0.3 is 16.0 Å². The molecule has 3 rings (SSSR count). The van der Waals surface area contributed by atoms with Crippen molar-refractivity contribution in [3.8, 4) is 0 Å². The average molecular weight is 396 g/mol. The van der Waals surface area contributed by atoms with Crippen molar-refractivity contribution in [2.45, 2.75) is 20.3 Å². The Morgan fingerprint density at radius 2 is 1.68 bits per heavy atom. The fraction of sp³-hybridized carbons (Fsp3) is 0.190. The number of nitrogens with one attached hydrogen (secondary N) is 3. The molecular formula is C21H22ClN5O. The third-order valence-corrected chi connectivity index (χ3v) is 4.31. The van der Waals surface area contributed by atoms with Gasteiger partial charge in [0.25, 0.3) is 0 Å². The van der Waals surface area contributed by atoms with Gasteiger partial charge in [0.05, 0.1) is 6.42 Å². The van der Waals surface area contributed by atoms with Crippen LogP contribution in [0.3, 0.4) is 0 Å². The number of amides is 1. The van der Waals surface area contributed by atoms with E-state index in [9.17, 15) is 4.79 Å². The molecule has 0 fully saturated rings. The smallest absolute Gasteiger partial charge is 0.228 e. The molecule has 1 aromatic heterocycles. The van der Waals surface area contributed by atoms with Gasteiger partial charge in [0, 0.05) is 29.0 Å². The van der Waals surface area contributed by atoms with Crippen LogP contribution in [-0.4, -0.2) is 22.4 Å². The highest BCUT2D eigenvalue weighted by Gasteiger charge is 2.07. The van der Waals surface area contributed by atoms with E-state index in [1.165, 1.54) is 0 Å². The summed E-state index contributed by atoms with van der Waals surface area (Å²) in [6.07, 6.45) is 0.229. The summed E-state index contributed by atoms with van der Waals surface area (Å²) in [6, 6.07) is 16.6. The molecule has 144 valence electrons. The topological polar surface area (TPSA) is 78.9 Å². The van der Waals surface area contributed by atoms with Crippen LogP contribution >= 0.6 is 11.6 Å². The molecule has 0 aliphatic rings. The summed E-state index contributed by atoms with van der Waals surface area (Å²) in [4.78, 5) is 21.0. The number of nitrogens with zero attached hydrogens (tertiary/aromatic N) is 2. The first-order valence-electron chi connectivity index (χ1n) is 9.03. The van der Waals surface area contributed by atoms with E-state index in [2.05, 4.69) is 25.9 Å². The molecule has 2 aromatic carbocycles. The van der Waals surface area contributed by atoms with Gasteiger partial charge in [-0.1, -0.05) is 29.8 Å². The highest BCUT2D eigenvalue weighted by atomic mass is 35.5. The van der Waals surface area contributed by atoms with Crippen LogP contribution in [0.5, 0.6) is 0 Å². The summed E-state index contributed by atoms with van der Waals surface area (Å²) >= 11 is 6.11. The zero-order valence-corrected chi connectivity index (χ0v) is 16.5. The van der Waals surface area contributed by atoms with Crippen LogP contribution in [0.25, 0.3) is 0 Å². The normalized spacial score (nSPS) is 10.4. The van der Waals surface area contributed by atoms with Gasteiger partial charge in [0.1, 0.15) is 17.5 Å². The molecule has 0 unspecified atom stereocenters. The van der Waals surface area contributed by atoms with Crippen molar-refractivity contribution in [1.82, 2.24) is 9.97 Å². The van der Waals surface area contributed by atoms with Gasteiger partial charge in [-0.2, -0.15) is 0 Å². The largest absolute Gasteiger partial charge is 0.370 e. The van der Waals surface area contributed by atoms with E-state index in [0.717, 1.165) is 29.3 Å². The number of hydrogen-bond acceptors (Lipinski definition) is 5. The Bertz CT molecular complexity index is 959. The summed E-state index contributed by atoms with van der Waals surface area (Å²) in [5, 5.41) is 9.91. The minimum absolute atomic E-state index is 0.115. The lowest BCUT2D eigenvalue weighted by Gasteiger charge is -2.10. The first kappa shape index (κ1) is 19.6. The third kappa shape index (κ3) is 5.44. The van der Waals surface area contributed by atoms with Gasteiger partial charge in [-0.3, -0.25) is 4.79 Å². The van der Waals surface area contributed by atoms with Crippen LogP contribution in [0, 0.1) is 6.92 Å². The molecule has 28 heavy (non-hydrogen) atoms. The molecule has 1 heterocycles. The Labute approximate surface area is 169 Å². The summed E-state index contributed by atoms with van der Waals surface area (Å²) < 4.78 is 0. The van der Waals surface area contributed by atoms with Gasteiger partial charge in [-0.25, -0.2) is 9.97 Å². The van der Waals surface area contributed by atoms with Gasteiger partial charge in [0.2, 0.25) is 5.91 Å². The lowest BCUT2D eigenvalue weighted by molar-refractivity contribution is -0.115. The maximum absolute atomic E-state index is 12.2. The molecule has 0 aliphatic heterocycles. The fourth-order valence-corrected chi connectivity index (χ4v) is 2.91. The number of benzene rings is 2. The van der Waals surface area contributed by atoms with Crippen molar-refractivity contribution in [1.29, 1.82) is 0 Å². The maximum Gasteiger partial charge on any atom is 0.228 e. The van der Waals surface area contributed by atoms with Gasteiger partial charge in [0.15, 0.2) is 0 Å². The Hall–Kier alpha value is -3.12. The van der Waals surface area contributed by atoms with Crippen LogP contribution in [0.2, 0.25) is 5.02 Å². The summed E-state index contributed by atoms with van der Waals surface area (Å²) in [6.45, 7) is 4.66. The van der Waals surface area contributed by atoms with E-state index in [1.54, 1.807) is 6.07 Å². The number of carbonyl (C=O) groups excluding carboxylic acids is 1. The number of anilines is 4. The van der Waals surface area contributed by atoms with Crippen molar-refractivity contribution in [2.75, 3.05) is 22.5 Å². The van der Waals surface area contributed by atoms with Crippen molar-refractivity contribution >= 4 is 40.5 Å². The Morgan fingerprint density at radius 3 is 2.39 bits per heavy atom. The maximum atomic E-state index is 12.2. The third-order valence-electron chi connectivity index (χ3n) is 3.95. The number of carbonyl (C=O) groups is 1. The number of rotatable bonds is 7. The van der Waals surface area contributed by atoms with Crippen LogP contribution in [0.1, 0.15) is 18.3 Å². The molecule has 0 saturated carbocycles. The Morgan fingerprint density at radius 1 is 1.00 bits per heavy atom. The van der Waals surface area contributed by atoms with E-state index in [1.807, 2.05) is 62.4 Å². The highest BCUT2D eigenvalue weighted by Crippen LogP contribution is 2.20. The van der Waals surface area contributed by atoms with Crippen molar-refractivity contribution in [3.63, 3.8) is 0 Å². The summed E-state index contributed by atoms with van der Waals surface area (Å²) in [7, 11) is 0. The number of aryl methyl sites for hydroxylation is 1. The summed E-state index contributed by atoms with van der Waals surface area (Å²) in [5.41, 5.74) is 2.38. The molecule has 6 nitrogen and oxygen atoms in total. The zero-order chi connectivity index (χ0) is 19.9. The first-order valence-corrected chi connectivity index (χ1v) is 9.41. The van der Waals surface area contributed by atoms with Crippen LogP contribution in [0.4, 0.5) is 23.0 Å². The first-order chi connectivity index (χ1) is 13.5. The predicted octanol–water partition coefficient (Wildman–Crippen LogP) is 4.80. The molecule has 0 radical (unpaired) electrons. The molecular weight excluding hydrogens is 374 g/mol. The molecule has 0 saturated heterocycles. The van der Waals surface area contributed by atoms with Gasteiger partial charge in [-0.05, 0) is 49.7 Å². The predicted molar refractivity (Wildman–Crippen MR) is 114 cm³/mol. The number of halogens is 1. The zero-order valence-electron chi connectivity index (χ0n) is 15.8.